The molecule has 1 rings (SSSR count). The van der Waals surface area contributed by atoms with Crippen molar-refractivity contribution in [3.05, 3.63) is 35.9 Å². The van der Waals surface area contributed by atoms with Gasteiger partial charge in [-0.1, -0.05) is 44.2 Å². The summed E-state index contributed by atoms with van der Waals surface area (Å²) in [6.07, 6.45) is 1.07. The fourth-order valence-corrected chi connectivity index (χ4v) is 2.18. The molecule has 1 aromatic carbocycles. The van der Waals surface area contributed by atoms with Crippen LogP contribution in [0.3, 0.4) is 0 Å². The van der Waals surface area contributed by atoms with E-state index in [1.165, 1.54) is 5.56 Å². The average molecular weight is 262 g/mol. The maximum atomic E-state index is 5.44. The van der Waals surface area contributed by atoms with Gasteiger partial charge in [0.25, 0.3) is 0 Å². The zero-order valence-corrected chi connectivity index (χ0v) is 12.0. The topological polar surface area (TPSA) is 67.6 Å². The molecule has 0 unspecified atom stereocenters. The first kappa shape index (κ1) is 15.5. The minimum atomic E-state index is 0.170. The van der Waals surface area contributed by atoms with E-state index < -0.39 is 0 Å². The molecule has 0 saturated heterocycles. The van der Waals surface area contributed by atoms with Crippen LogP contribution in [-0.4, -0.2) is 37.0 Å². The Morgan fingerprint density at radius 2 is 1.79 bits per heavy atom. The monoisotopic (exact) mass is 262 g/mol. The third kappa shape index (κ3) is 5.75. The summed E-state index contributed by atoms with van der Waals surface area (Å²) in [5.41, 5.74) is 12.2. The quantitative estimate of drug-likeness (QED) is 0.554. The third-order valence-electron chi connectivity index (χ3n) is 3.45. The lowest BCUT2D eigenvalue weighted by molar-refractivity contribution is 0.291. The van der Waals surface area contributed by atoms with E-state index >= 15 is 0 Å². The highest BCUT2D eigenvalue weighted by molar-refractivity contribution is 5.75. The van der Waals surface area contributed by atoms with Crippen molar-refractivity contribution in [1.29, 1.82) is 0 Å². The van der Waals surface area contributed by atoms with Gasteiger partial charge in [0.05, 0.1) is 0 Å². The molecule has 0 radical (unpaired) electrons. The van der Waals surface area contributed by atoms with Crippen LogP contribution in [0.4, 0.5) is 0 Å². The molecule has 0 spiro atoms. The lowest BCUT2D eigenvalue weighted by Gasteiger charge is -2.22. The van der Waals surface area contributed by atoms with Crippen molar-refractivity contribution in [2.45, 2.75) is 26.2 Å². The Hall–Kier alpha value is -1.55. The van der Waals surface area contributed by atoms with Crippen LogP contribution in [0, 0.1) is 0 Å². The van der Waals surface area contributed by atoms with E-state index in [0.29, 0.717) is 12.5 Å². The van der Waals surface area contributed by atoms with Gasteiger partial charge in [0, 0.05) is 12.5 Å². The number of guanidine groups is 1. The Kier molecular flexibility index (Phi) is 6.97. The minimum Gasteiger partial charge on any atom is -0.370 e. The molecular formula is C15H26N4. The van der Waals surface area contributed by atoms with Gasteiger partial charge in [0.2, 0.25) is 0 Å². The highest BCUT2D eigenvalue weighted by Crippen LogP contribution is 2.20. The molecule has 0 fully saturated rings. The Balaban J connectivity index is 2.67. The summed E-state index contributed by atoms with van der Waals surface area (Å²) in [5, 5.41) is 0. The van der Waals surface area contributed by atoms with Crippen LogP contribution in [0.25, 0.3) is 0 Å². The summed E-state index contributed by atoms with van der Waals surface area (Å²) >= 11 is 0. The maximum Gasteiger partial charge on any atom is 0.185 e. The first-order valence-corrected chi connectivity index (χ1v) is 7.00. The Morgan fingerprint density at radius 1 is 1.16 bits per heavy atom. The third-order valence-corrected chi connectivity index (χ3v) is 3.45. The van der Waals surface area contributed by atoms with Gasteiger partial charge in [-0.15, -0.1) is 0 Å². The standard InChI is InChI=1S/C15H26N4/c1-3-19(4-2)11-10-14(12-18-15(16)17)13-8-6-5-7-9-13/h5-9,14H,3-4,10-12H2,1-2H3,(H4,16,17,18)/t14-/m1/s1. The molecule has 1 aromatic rings. The van der Waals surface area contributed by atoms with E-state index in [0.717, 1.165) is 26.1 Å². The number of nitrogens with zero attached hydrogens (tertiary/aromatic N) is 2. The van der Waals surface area contributed by atoms with Crippen LogP contribution in [-0.2, 0) is 0 Å². The maximum absolute atomic E-state index is 5.44. The van der Waals surface area contributed by atoms with E-state index in [9.17, 15) is 0 Å². The van der Waals surface area contributed by atoms with E-state index in [2.05, 4.69) is 48.0 Å². The van der Waals surface area contributed by atoms with Gasteiger partial charge in [-0.2, -0.15) is 0 Å². The molecule has 0 aromatic heterocycles. The molecule has 0 aliphatic rings. The smallest absolute Gasteiger partial charge is 0.185 e. The first-order valence-electron chi connectivity index (χ1n) is 7.00. The van der Waals surface area contributed by atoms with Gasteiger partial charge >= 0.3 is 0 Å². The number of hydrogen-bond donors (Lipinski definition) is 2. The predicted octanol–water partition coefficient (Wildman–Crippen LogP) is 1.78. The van der Waals surface area contributed by atoms with Crippen LogP contribution in [0.1, 0.15) is 31.7 Å². The average Bonchev–Trinajstić information content (AvgIpc) is 2.43. The zero-order valence-electron chi connectivity index (χ0n) is 12.0. The lowest BCUT2D eigenvalue weighted by atomic mass is 9.95. The van der Waals surface area contributed by atoms with Crippen LogP contribution in [0.5, 0.6) is 0 Å². The summed E-state index contributed by atoms with van der Waals surface area (Å²) in [6, 6.07) is 10.5. The van der Waals surface area contributed by atoms with Crippen molar-refractivity contribution in [1.82, 2.24) is 4.90 Å². The summed E-state index contributed by atoms with van der Waals surface area (Å²) in [7, 11) is 0. The second-order valence-electron chi connectivity index (χ2n) is 4.69. The number of rotatable bonds is 8. The Bertz CT molecular complexity index is 367. The summed E-state index contributed by atoms with van der Waals surface area (Å²) in [4.78, 5) is 6.61. The fourth-order valence-electron chi connectivity index (χ4n) is 2.18. The highest BCUT2D eigenvalue weighted by Gasteiger charge is 2.12. The SMILES string of the molecule is CCN(CC)CC[C@H](CN=C(N)N)c1ccccc1. The largest absolute Gasteiger partial charge is 0.370 e. The molecule has 1 atom stereocenters. The van der Waals surface area contributed by atoms with Gasteiger partial charge in [-0.3, -0.25) is 4.99 Å². The lowest BCUT2D eigenvalue weighted by Crippen LogP contribution is -2.27. The number of aliphatic imine (C=N–C) groups is 1. The summed E-state index contributed by atoms with van der Waals surface area (Å²) in [5.74, 6) is 0.549. The number of nitrogens with two attached hydrogens (primary N) is 2. The predicted molar refractivity (Wildman–Crippen MR) is 82.3 cm³/mol. The highest BCUT2D eigenvalue weighted by atomic mass is 15.1. The van der Waals surface area contributed by atoms with Gasteiger partial charge in [0.1, 0.15) is 0 Å². The van der Waals surface area contributed by atoms with E-state index in [1.54, 1.807) is 0 Å². The van der Waals surface area contributed by atoms with Gasteiger partial charge < -0.3 is 16.4 Å². The second kappa shape index (κ2) is 8.53. The normalized spacial score (nSPS) is 12.4. The van der Waals surface area contributed by atoms with Crippen molar-refractivity contribution in [2.24, 2.45) is 16.5 Å². The van der Waals surface area contributed by atoms with Crippen molar-refractivity contribution >= 4 is 5.96 Å². The molecule has 0 saturated carbocycles. The van der Waals surface area contributed by atoms with Gasteiger partial charge in [0.15, 0.2) is 5.96 Å². The summed E-state index contributed by atoms with van der Waals surface area (Å²) < 4.78 is 0. The van der Waals surface area contributed by atoms with Gasteiger partial charge in [-0.05, 0) is 31.6 Å². The van der Waals surface area contributed by atoms with Crippen LogP contribution in [0.2, 0.25) is 0 Å². The van der Waals surface area contributed by atoms with Crippen LogP contribution >= 0.6 is 0 Å². The number of benzene rings is 1. The summed E-state index contributed by atoms with van der Waals surface area (Å²) in [6.45, 7) is 8.29. The molecule has 0 heterocycles. The molecular weight excluding hydrogens is 236 g/mol. The molecule has 19 heavy (non-hydrogen) atoms. The first-order chi connectivity index (χ1) is 9.17. The molecule has 0 amide bonds. The molecule has 0 aliphatic heterocycles. The Labute approximate surface area is 116 Å². The van der Waals surface area contributed by atoms with Crippen molar-refractivity contribution in [3.63, 3.8) is 0 Å². The number of hydrogen-bond acceptors (Lipinski definition) is 2. The van der Waals surface area contributed by atoms with Crippen LogP contribution in [0.15, 0.2) is 35.3 Å². The van der Waals surface area contributed by atoms with Gasteiger partial charge in [-0.25, -0.2) is 0 Å². The molecule has 4 nitrogen and oxygen atoms in total. The minimum absolute atomic E-state index is 0.170. The molecule has 106 valence electrons. The molecule has 4 heteroatoms. The second-order valence-corrected chi connectivity index (χ2v) is 4.69. The van der Waals surface area contributed by atoms with Crippen molar-refractivity contribution < 1.29 is 0 Å². The Morgan fingerprint density at radius 3 is 2.32 bits per heavy atom. The van der Waals surface area contributed by atoms with Crippen molar-refractivity contribution in [2.75, 3.05) is 26.2 Å². The van der Waals surface area contributed by atoms with Crippen molar-refractivity contribution in [3.8, 4) is 0 Å². The van der Waals surface area contributed by atoms with Crippen LogP contribution < -0.4 is 11.5 Å². The van der Waals surface area contributed by atoms with E-state index in [-0.39, 0.29) is 5.96 Å². The molecule has 0 bridgehead atoms. The van der Waals surface area contributed by atoms with E-state index in [4.69, 9.17) is 11.5 Å². The zero-order chi connectivity index (χ0) is 14.1. The molecule has 0 aliphatic carbocycles. The fraction of sp³-hybridized carbons (Fsp3) is 0.533. The van der Waals surface area contributed by atoms with E-state index in [1.807, 2.05) is 6.07 Å². The molecule has 4 N–H and O–H groups in total.